The lowest BCUT2D eigenvalue weighted by Gasteiger charge is -2.19. The van der Waals surface area contributed by atoms with Crippen LogP contribution in [0.1, 0.15) is 36.1 Å². The third-order valence-corrected chi connectivity index (χ3v) is 6.97. The number of anilines is 1. The van der Waals surface area contributed by atoms with Crippen LogP contribution in [0.5, 0.6) is 0 Å². The second-order valence-electron chi connectivity index (χ2n) is 7.18. The molecule has 1 aromatic carbocycles. The lowest BCUT2D eigenvalue weighted by Crippen LogP contribution is -2.44. The number of thiazole rings is 1. The molecule has 7 nitrogen and oxygen atoms in total. The summed E-state index contributed by atoms with van der Waals surface area (Å²) in [6.07, 6.45) is 5.21. The minimum absolute atomic E-state index is 0.314. The van der Waals surface area contributed by atoms with Crippen molar-refractivity contribution in [2.75, 3.05) is 11.9 Å². The monoisotopic (exact) mass is 452 g/mol. The molecule has 152 valence electrons. The van der Waals surface area contributed by atoms with Gasteiger partial charge in [0.1, 0.15) is 12.1 Å². The molecule has 0 atom stereocenters. The smallest absolute Gasteiger partial charge is 0.323 e. The van der Waals surface area contributed by atoms with Gasteiger partial charge in [0.2, 0.25) is 5.91 Å². The van der Waals surface area contributed by atoms with Crippen LogP contribution in [0.25, 0.3) is 0 Å². The number of rotatable bonds is 5. The Morgan fingerprint density at radius 3 is 2.79 bits per heavy atom. The van der Waals surface area contributed by atoms with Gasteiger partial charge in [-0.15, -0.1) is 11.3 Å². The zero-order valence-electron chi connectivity index (χ0n) is 15.3. The number of halogens is 2. The molecule has 4 rings (SSSR count). The second-order valence-corrected chi connectivity index (χ2v) is 9.08. The molecular weight excluding hydrogens is 435 g/mol. The number of hydrogen-bond donors (Lipinski definition) is 2. The molecule has 1 aliphatic heterocycles. The lowest BCUT2D eigenvalue weighted by molar-refractivity contribution is -0.133. The van der Waals surface area contributed by atoms with E-state index in [0.717, 1.165) is 28.2 Å². The molecule has 0 bridgehead atoms. The van der Waals surface area contributed by atoms with Gasteiger partial charge in [0.25, 0.3) is 5.91 Å². The van der Waals surface area contributed by atoms with E-state index in [4.69, 9.17) is 23.2 Å². The number of amides is 4. The number of urea groups is 1. The molecule has 2 fully saturated rings. The van der Waals surface area contributed by atoms with Gasteiger partial charge in [0.15, 0.2) is 5.13 Å². The van der Waals surface area contributed by atoms with E-state index in [1.807, 2.05) is 12.1 Å². The van der Waals surface area contributed by atoms with Crippen molar-refractivity contribution in [2.24, 2.45) is 0 Å². The van der Waals surface area contributed by atoms with Gasteiger partial charge in [-0.05, 0) is 24.5 Å². The van der Waals surface area contributed by atoms with Gasteiger partial charge in [0.05, 0.1) is 10.0 Å². The van der Waals surface area contributed by atoms with E-state index in [0.29, 0.717) is 34.4 Å². The van der Waals surface area contributed by atoms with E-state index in [-0.39, 0.29) is 12.5 Å². The third-order valence-electron chi connectivity index (χ3n) is 5.20. The largest absolute Gasteiger partial charge is 0.325 e. The van der Waals surface area contributed by atoms with E-state index in [1.165, 1.54) is 11.3 Å². The van der Waals surface area contributed by atoms with Crippen molar-refractivity contribution in [2.45, 2.75) is 37.6 Å². The zero-order valence-corrected chi connectivity index (χ0v) is 17.7. The third kappa shape index (κ3) is 3.97. The Hall–Kier alpha value is -2.16. The fourth-order valence-corrected chi connectivity index (χ4v) is 5.00. The summed E-state index contributed by atoms with van der Waals surface area (Å²) in [4.78, 5) is 43.2. The quantitative estimate of drug-likeness (QED) is 0.673. The fourth-order valence-electron chi connectivity index (χ4n) is 3.76. The van der Waals surface area contributed by atoms with Gasteiger partial charge in [0, 0.05) is 17.5 Å². The average molecular weight is 453 g/mol. The molecule has 29 heavy (non-hydrogen) atoms. The van der Waals surface area contributed by atoms with E-state index < -0.39 is 17.5 Å². The first-order valence-corrected chi connectivity index (χ1v) is 10.8. The molecule has 1 aliphatic carbocycles. The van der Waals surface area contributed by atoms with Crippen molar-refractivity contribution in [1.82, 2.24) is 15.2 Å². The lowest BCUT2D eigenvalue weighted by atomic mass is 9.98. The minimum atomic E-state index is -0.818. The topological polar surface area (TPSA) is 91.4 Å². The summed E-state index contributed by atoms with van der Waals surface area (Å²) in [6.45, 7) is -0.332. The van der Waals surface area contributed by atoms with Crippen molar-refractivity contribution in [1.29, 1.82) is 0 Å². The summed E-state index contributed by atoms with van der Waals surface area (Å²) >= 11 is 13.6. The Morgan fingerprint density at radius 1 is 1.28 bits per heavy atom. The molecular formula is C19H18Cl2N4O3S. The molecule has 2 N–H and O–H groups in total. The van der Waals surface area contributed by atoms with Gasteiger partial charge >= 0.3 is 6.03 Å². The van der Waals surface area contributed by atoms with Gasteiger partial charge in [-0.1, -0.05) is 48.2 Å². The number of benzene rings is 1. The van der Waals surface area contributed by atoms with Crippen LogP contribution in [-0.4, -0.2) is 39.8 Å². The second kappa shape index (κ2) is 7.93. The molecule has 1 saturated heterocycles. The Morgan fingerprint density at radius 2 is 2.03 bits per heavy atom. The van der Waals surface area contributed by atoms with Crippen LogP contribution in [0.2, 0.25) is 10.0 Å². The van der Waals surface area contributed by atoms with Crippen molar-refractivity contribution in [3.8, 4) is 0 Å². The molecule has 1 aromatic heterocycles. The van der Waals surface area contributed by atoms with Gasteiger partial charge in [-0.2, -0.15) is 0 Å². The Labute approximate surface area is 181 Å². The van der Waals surface area contributed by atoms with E-state index in [1.54, 1.807) is 12.3 Å². The number of carbonyl (C=O) groups excluding carboxylic acids is 3. The molecule has 2 aliphatic rings. The maximum Gasteiger partial charge on any atom is 0.325 e. The van der Waals surface area contributed by atoms with E-state index in [2.05, 4.69) is 15.6 Å². The van der Waals surface area contributed by atoms with Crippen molar-refractivity contribution < 1.29 is 14.4 Å². The average Bonchev–Trinajstić information content (AvgIpc) is 3.37. The highest BCUT2D eigenvalue weighted by Crippen LogP contribution is 2.35. The maximum atomic E-state index is 12.6. The minimum Gasteiger partial charge on any atom is -0.323 e. The summed E-state index contributed by atoms with van der Waals surface area (Å²) in [5.74, 6) is -0.782. The molecule has 0 radical (unpaired) electrons. The van der Waals surface area contributed by atoms with Crippen LogP contribution in [0, 0.1) is 0 Å². The molecule has 4 amide bonds. The van der Waals surface area contributed by atoms with Crippen molar-refractivity contribution >= 4 is 57.5 Å². The van der Waals surface area contributed by atoms with Crippen LogP contribution in [0.3, 0.4) is 0 Å². The first-order chi connectivity index (χ1) is 13.9. The molecule has 1 saturated carbocycles. The molecule has 1 spiro atoms. The van der Waals surface area contributed by atoms with Crippen LogP contribution in [0.15, 0.2) is 24.4 Å². The highest BCUT2D eigenvalue weighted by atomic mass is 35.5. The number of nitrogens with one attached hydrogen (secondary N) is 2. The molecule has 0 unspecified atom stereocenters. The van der Waals surface area contributed by atoms with Gasteiger partial charge in [-0.25, -0.2) is 9.78 Å². The SMILES string of the molecule is O=C(CN1C(=O)NC2(CCCC2)C1=O)Nc1ncc(Cc2cccc(Cl)c2Cl)s1. The normalized spacial score (nSPS) is 17.8. The Kier molecular flexibility index (Phi) is 5.50. The number of aromatic nitrogens is 1. The predicted octanol–water partition coefficient (Wildman–Crippen LogP) is 3.84. The molecule has 10 heteroatoms. The number of nitrogens with zero attached hydrogens (tertiary/aromatic N) is 2. The highest BCUT2D eigenvalue weighted by Gasteiger charge is 2.52. The van der Waals surface area contributed by atoms with Gasteiger partial charge in [-0.3, -0.25) is 14.5 Å². The predicted molar refractivity (Wildman–Crippen MR) is 111 cm³/mol. The summed E-state index contributed by atoms with van der Waals surface area (Å²) in [7, 11) is 0. The first kappa shape index (κ1) is 20.1. The molecule has 2 heterocycles. The van der Waals surface area contributed by atoms with E-state index >= 15 is 0 Å². The summed E-state index contributed by atoms with van der Waals surface area (Å²) in [5.41, 5.74) is 0.0453. The summed E-state index contributed by atoms with van der Waals surface area (Å²) in [6, 6.07) is 4.91. The molecule has 2 aromatic rings. The van der Waals surface area contributed by atoms with Crippen molar-refractivity contribution in [3.63, 3.8) is 0 Å². The Bertz CT molecular complexity index is 988. The van der Waals surface area contributed by atoms with Gasteiger partial charge < -0.3 is 10.6 Å². The first-order valence-electron chi connectivity index (χ1n) is 9.19. The van der Waals surface area contributed by atoms with Crippen LogP contribution >= 0.6 is 34.5 Å². The van der Waals surface area contributed by atoms with Crippen LogP contribution in [-0.2, 0) is 16.0 Å². The number of carbonyl (C=O) groups is 3. The summed E-state index contributed by atoms with van der Waals surface area (Å²) < 4.78 is 0. The van der Waals surface area contributed by atoms with E-state index in [9.17, 15) is 14.4 Å². The standard InChI is InChI=1S/C19H18Cl2N4O3S/c20-13-5-3-4-11(15(13)21)8-12-9-22-17(29-12)23-14(26)10-25-16(27)19(24-18(25)28)6-1-2-7-19/h3-5,9H,1-2,6-8,10H2,(H,24,28)(H,22,23,26). The number of hydrogen-bond acceptors (Lipinski definition) is 5. The maximum absolute atomic E-state index is 12.6. The van der Waals surface area contributed by atoms with Crippen LogP contribution < -0.4 is 10.6 Å². The zero-order chi connectivity index (χ0) is 20.6. The highest BCUT2D eigenvalue weighted by molar-refractivity contribution is 7.15. The van der Waals surface area contributed by atoms with Crippen molar-refractivity contribution in [3.05, 3.63) is 44.9 Å². The fraction of sp³-hybridized carbons (Fsp3) is 0.368. The number of imide groups is 1. The van der Waals surface area contributed by atoms with Crippen LogP contribution in [0.4, 0.5) is 9.93 Å². The summed E-state index contributed by atoms with van der Waals surface area (Å²) in [5, 5.41) is 6.79. The Balaban J connectivity index is 1.38.